The SMILES string of the molecule is Cc1nn(C)cc1NCc1cc(Br)ccc1OC(F)F. The second kappa shape index (κ2) is 6.21. The number of halogens is 3. The van der Waals surface area contributed by atoms with Crippen molar-refractivity contribution in [2.75, 3.05) is 5.32 Å². The number of nitrogens with zero attached hydrogens (tertiary/aromatic N) is 2. The lowest BCUT2D eigenvalue weighted by atomic mass is 10.2. The summed E-state index contributed by atoms with van der Waals surface area (Å²) in [4.78, 5) is 0. The normalized spacial score (nSPS) is 10.9. The summed E-state index contributed by atoms with van der Waals surface area (Å²) < 4.78 is 31.7. The van der Waals surface area contributed by atoms with E-state index in [9.17, 15) is 8.78 Å². The summed E-state index contributed by atoms with van der Waals surface area (Å²) in [5, 5.41) is 7.37. The molecule has 2 aromatic rings. The highest BCUT2D eigenvalue weighted by Gasteiger charge is 2.11. The Kier molecular flexibility index (Phi) is 4.59. The number of hydrogen-bond donors (Lipinski definition) is 1. The van der Waals surface area contributed by atoms with E-state index in [1.54, 1.807) is 16.8 Å². The van der Waals surface area contributed by atoms with Crippen LogP contribution in [0.4, 0.5) is 14.5 Å². The molecule has 4 nitrogen and oxygen atoms in total. The van der Waals surface area contributed by atoms with Gasteiger partial charge in [0.25, 0.3) is 0 Å². The number of alkyl halides is 2. The minimum atomic E-state index is -2.84. The third kappa shape index (κ3) is 3.69. The van der Waals surface area contributed by atoms with E-state index < -0.39 is 6.61 Å². The predicted octanol–water partition coefficient (Wildman–Crippen LogP) is 3.70. The van der Waals surface area contributed by atoms with Gasteiger partial charge in [-0.1, -0.05) is 15.9 Å². The van der Waals surface area contributed by atoms with E-state index in [4.69, 9.17) is 0 Å². The van der Waals surface area contributed by atoms with Crippen LogP contribution in [0.15, 0.2) is 28.9 Å². The minimum absolute atomic E-state index is 0.164. The first-order chi connectivity index (χ1) is 9.45. The Morgan fingerprint density at radius 2 is 2.20 bits per heavy atom. The molecule has 0 atom stereocenters. The van der Waals surface area contributed by atoms with Gasteiger partial charge in [-0.05, 0) is 25.1 Å². The quantitative estimate of drug-likeness (QED) is 0.897. The van der Waals surface area contributed by atoms with E-state index in [-0.39, 0.29) is 5.75 Å². The van der Waals surface area contributed by atoms with Crippen LogP contribution in [0, 0.1) is 6.92 Å². The molecule has 1 N–H and O–H groups in total. The van der Waals surface area contributed by atoms with Gasteiger partial charge in [0.15, 0.2) is 0 Å². The predicted molar refractivity (Wildman–Crippen MR) is 76.0 cm³/mol. The average molecular weight is 346 g/mol. The van der Waals surface area contributed by atoms with Gasteiger partial charge >= 0.3 is 6.61 Å². The van der Waals surface area contributed by atoms with E-state index in [0.717, 1.165) is 15.9 Å². The highest BCUT2D eigenvalue weighted by Crippen LogP contribution is 2.26. The molecule has 0 bridgehead atoms. The zero-order valence-corrected chi connectivity index (χ0v) is 12.6. The van der Waals surface area contributed by atoms with E-state index in [0.29, 0.717) is 12.1 Å². The molecule has 0 unspecified atom stereocenters. The number of aryl methyl sites for hydroxylation is 2. The summed E-state index contributed by atoms with van der Waals surface area (Å²) in [6, 6.07) is 4.93. The summed E-state index contributed by atoms with van der Waals surface area (Å²) in [7, 11) is 1.82. The lowest BCUT2D eigenvalue weighted by molar-refractivity contribution is -0.0504. The van der Waals surface area contributed by atoms with Gasteiger partial charge in [0.05, 0.1) is 11.4 Å². The Morgan fingerprint density at radius 3 is 2.80 bits per heavy atom. The number of ether oxygens (including phenoxy) is 1. The Labute approximate surface area is 123 Å². The molecule has 0 aliphatic heterocycles. The van der Waals surface area contributed by atoms with Gasteiger partial charge in [0.1, 0.15) is 5.75 Å². The number of benzene rings is 1. The summed E-state index contributed by atoms with van der Waals surface area (Å²) in [6.45, 7) is -0.594. The van der Waals surface area contributed by atoms with Crippen molar-refractivity contribution in [1.29, 1.82) is 0 Å². The molecule has 0 saturated carbocycles. The first kappa shape index (κ1) is 14.8. The van der Waals surface area contributed by atoms with Crippen LogP contribution in [-0.4, -0.2) is 16.4 Å². The summed E-state index contributed by atoms with van der Waals surface area (Å²) in [5.41, 5.74) is 2.34. The van der Waals surface area contributed by atoms with Gasteiger partial charge in [-0.25, -0.2) is 0 Å². The summed E-state index contributed by atoms with van der Waals surface area (Å²) in [5.74, 6) is 0.164. The van der Waals surface area contributed by atoms with Gasteiger partial charge in [-0.3, -0.25) is 4.68 Å². The first-order valence-electron chi connectivity index (χ1n) is 5.93. The molecule has 0 aliphatic rings. The fourth-order valence-corrected chi connectivity index (χ4v) is 2.27. The molecule has 7 heteroatoms. The molecule has 1 heterocycles. The molecule has 0 saturated heterocycles. The molecular weight excluding hydrogens is 332 g/mol. The standard InChI is InChI=1S/C13H14BrF2N3O/c1-8-11(7-19(2)18-8)17-6-9-5-10(14)3-4-12(9)20-13(15)16/h3-5,7,13,17H,6H2,1-2H3. The van der Waals surface area contributed by atoms with E-state index in [2.05, 4.69) is 31.1 Å². The molecule has 2 rings (SSSR count). The molecule has 1 aromatic carbocycles. The van der Waals surface area contributed by atoms with Gasteiger partial charge < -0.3 is 10.1 Å². The van der Waals surface area contributed by atoms with Crippen LogP contribution < -0.4 is 10.1 Å². The Bertz CT molecular complexity index is 601. The third-order valence-electron chi connectivity index (χ3n) is 2.72. The van der Waals surface area contributed by atoms with Crippen molar-refractivity contribution in [3.63, 3.8) is 0 Å². The van der Waals surface area contributed by atoms with Crippen LogP contribution in [0.2, 0.25) is 0 Å². The van der Waals surface area contributed by atoms with Crippen molar-refractivity contribution in [2.45, 2.75) is 20.1 Å². The number of anilines is 1. The lowest BCUT2D eigenvalue weighted by Gasteiger charge is -2.12. The van der Waals surface area contributed by atoms with Crippen LogP contribution in [-0.2, 0) is 13.6 Å². The molecular formula is C13H14BrF2N3O. The Morgan fingerprint density at radius 1 is 1.45 bits per heavy atom. The number of rotatable bonds is 5. The number of aromatic nitrogens is 2. The van der Waals surface area contributed by atoms with Crippen molar-refractivity contribution >= 4 is 21.6 Å². The maximum absolute atomic E-state index is 12.4. The highest BCUT2D eigenvalue weighted by molar-refractivity contribution is 9.10. The lowest BCUT2D eigenvalue weighted by Crippen LogP contribution is -2.07. The van der Waals surface area contributed by atoms with Crippen LogP contribution >= 0.6 is 15.9 Å². The molecule has 0 radical (unpaired) electrons. The van der Waals surface area contributed by atoms with E-state index in [1.165, 1.54) is 6.07 Å². The first-order valence-corrected chi connectivity index (χ1v) is 6.72. The van der Waals surface area contributed by atoms with Crippen LogP contribution in [0.3, 0.4) is 0 Å². The highest BCUT2D eigenvalue weighted by atomic mass is 79.9. The fraction of sp³-hybridized carbons (Fsp3) is 0.308. The average Bonchev–Trinajstić information content (AvgIpc) is 2.67. The van der Waals surface area contributed by atoms with Gasteiger partial charge in [-0.15, -0.1) is 0 Å². The van der Waals surface area contributed by atoms with Crippen LogP contribution in [0.25, 0.3) is 0 Å². The van der Waals surface area contributed by atoms with Gasteiger partial charge in [0.2, 0.25) is 0 Å². The minimum Gasteiger partial charge on any atom is -0.434 e. The van der Waals surface area contributed by atoms with E-state index in [1.807, 2.05) is 20.2 Å². The Hall–Kier alpha value is -1.63. The second-order valence-electron chi connectivity index (χ2n) is 4.29. The summed E-state index contributed by atoms with van der Waals surface area (Å²) >= 11 is 3.32. The van der Waals surface area contributed by atoms with Crippen molar-refractivity contribution in [3.05, 3.63) is 40.1 Å². The molecule has 20 heavy (non-hydrogen) atoms. The van der Waals surface area contributed by atoms with Crippen LogP contribution in [0.1, 0.15) is 11.3 Å². The van der Waals surface area contributed by atoms with Crippen molar-refractivity contribution in [1.82, 2.24) is 9.78 Å². The van der Waals surface area contributed by atoms with Gasteiger partial charge in [-0.2, -0.15) is 13.9 Å². The zero-order chi connectivity index (χ0) is 14.7. The molecule has 1 aromatic heterocycles. The maximum Gasteiger partial charge on any atom is 0.387 e. The third-order valence-corrected chi connectivity index (χ3v) is 3.21. The maximum atomic E-state index is 12.4. The number of nitrogens with one attached hydrogen (secondary N) is 1. The Balaban J connectivity index is 2.15. The molecule has 108 valence electrons. The van der Waals surface area contributed by atoms with Gasteiger partial charge in [0, 0.05) is 29.8 Å². The summed E-state index contributed by atoms with van der Waals surface area (Å²) in [6.07, 6.45) is 1.83. The number of hydrogen-bond acceptors (Lipinski definition) is 3. The van der Waals surface area contributed by atoms with Crippen molar-refractivity contribution in [3.8, 4) is 5.75 Å². The molecule has 0 fully saturated rings. The fourth-order valence-electron chi connectivity index (χ4n) is 1.86. The molecule has 0 amide bonds. The van der Waals surface area contributed by atoms with Crippen molar-refractivity contribution in [2.24, 2.45) is 7.05 Å². The molecule has 0 spiro atoms. The van der Waals surface area contributed by atoms with Crippen LogP contribution in [0.5, 0.6) is 5.75 Å². The van der Waals surface area contributed by atoms with Crippen molar-refractivity contribution < 1.29 is 13.5 Å². The molecule has 0 aliphatic carbocycles. The largest absolute Gasteiger partial charge is 0.434 e. The second-order valence-corrected chi connectivity index (χ2v) is 5.20. The van der Waals surface area contributed by atoms with E-state index >= 15 is 0 Å². The topological polar surface area (TPSA) is 39.1 Å². The zero-order valence-electron chi connectivity index (χ0n) is 11.0. The monoisotopic (exact) mass is 345 g/mol. The smallest absolute Gasteiger partial charge is 0.387 e.